The van der Waals surface area contributed by atoms with Crippen molar-refractivity contribution in [3.8, 4) is 11.3 Å². The number of amides is 1. The smallest absolute Gasteiger partial charge is 0.255 e. The minimum absolute atomic E-state index is 0.0673. The highest BCUT2D eigenvalue weighted by molar-refractivity contribution is 9.10. The maximum Gasteiger partial charge on any atom is 0.255 e. The van der Waals surface area contributed by atoms with Crippen LogP contribution in [0.3, 0.4) is 0 Å². The number of rotatable bonds is 4. The van der Waals surface area contributed by atoms with Crippen molar-refractivity contribution in [3.63, 3.8) is 0 Å². The summed E-state index contributed by atoms with van der Waals surface area (Å²) in [5.74, 6) is 0.143. The summed E-state index contributed by atoms with van der Waals surface area (Å²) in [6.07, 6.45) is 2.39. The number of hydrogen-bond donors (Lipinski definition) is 0. The number of pyridine rings is 1. The van der Waals surface area contributed by atoms with Crippen molar-refractivity contribution in [1.82, 2.24) is 9.88 Å². The number of carbonyl (C=O) groups excluding carboxylic acids is 1. The van der Waals surface area contributed by atoms with E-state index in [-0.39, 0.29) is 29.5 Å². The number of halogens is 1. The van der Waals surface area contributed by atoms with Crippen LogP contribution >= 0.6 is 15.9 Å². The van der Waals surface area contributed by atoms with Gasteiger partial charge in [-0.2, -0.15) is 0 Å². The molecular formula is C23H21BrN2O3S. The molecule has 2 heterocycles. The second-order valence-electron chi connectivity index (χ2n) is 8.08. The van der Waals surface area contributed by atoms with Gasteiger partial charge in [-0.3, -0.25) is 4.79 Å². The molecule has 2 fully saturated rings. The van der Waals surface area contributed by atoms with Gasteiger partial charge in [0.05, 0.1) is 28.3 Å². The first-order valence-corrected chi connectivity index (χ1v) is 12.7. The van der Waals surface area contributed by atoms with Crippen molar-refractivity contribution in [2.75, 3.05) is 11.5 Å². The lowest BCUT2D eigenvalue weighted by atomic mass is 10.0. The SMILES string of the molecule is O=C(c1cc(-c2ccc(Br)cc2)nc2ccccc12)N(C1CC1)C1CCS(=O)(=O)C1. The van der Waals surface area contributed by atoms with Crippen molar-refractivity contribution in [2.45, 2.75) is 31.3 Å². The minimum Gasteiger partial charge on any atom is -0.332 e. The summed E-state index contributed by atoms with van der Waals surface area (Å²) in [7, 11) is -3.07. The van der Waals surface area contributed by atoms with E-state index in [2.05, 4.69) is 15.9 Å². The number of hydrogen-bond acceptors (Lipinski definition) is 4. The summed E-state index contributed by atoms with van der Waals surface area (Å²) in [6, 6.07) is 17.2. The van der Waals surface area contributed by atoms with Crippen molar-refractivity contribution in [3.05, 3.63) is 64.6 Å². The highest BCUT2D eigenvalue weighted by Gasteiger charge is 2.42. The van der Waals surface area contributed by atoms with Crippen LogP contribution in [0.15, 0.2) is 59.1 Å². The monoisotopic (exact) mass is 484 g/mol. The highest BCUT2D eigenvalue weighted by Crippen LogP contribution is 2.35. The number of nitrogens with zero attached hydrogens (tertiary/aromatic N) is 2. The van der Waals surface area contributed by atoms with Crippen LogP contribution in [0.25, 0.3) is 22.2 Å². The second kappa shape index (κ2) is 7.46. The van der Waals surface area contributed by atoms with E-state index in [0.717, 1.165) is 39.5 Å². The third kappa shape index (κ3) is 3.76. The Morgan fingerprint density at radius 3 is 2.40 bits per heavy atom. The Bertz CT molecular complexity index is 1240. The van der Waals surface area contributed by atoms with Gasteiger partial charge < -0.3 is 4.90 Å². The molecule has 2 aliphatic rings. The molecule has 5 nitrogen and oxygen atoms in total. The van der Waals surface area contributed by atoms with E-state index in [1.807, 2.05) is 59.5 Å². The Morgan fingerprint density at radius 2 is 1.73 bits per heavy atom. The standard InChI is InChI=1S/C23H21BrN2O3S/c24-16-7-5-15(6-8-16)22-13-20(19-3-1-2-4-21(19)25-22)23(27)26(17-9-10-17)18-11-12-30(28,29)14-18/h1-8,13,17-18H,9-12,14H2. The maximum absolute atomic E-state index is 13.8. The van der Waals surface area contributed by atoms with Crippen LogP contribution in [-0.2, 0) is 9.84 Å². The molecule has 1 atom stereocenters. The number of sulfone groups is 1. The van der Waals surface area contributed by atoms with E-state index in [0.29, 0.717) is 12.0 Å². The molecule has 1 amide bonds. The molecule has 1 saturated heterocycles. The molecule has 0 radical (unpaired) electrons. The van der Waals surface area contributed by atoms with Crippen LogP contribution in [0.5, 0.6) is 0 Å². The van der Waals surface area contributed by atoms with Gasteiger partial charge in [0, 0.05) is 27.5 Å². The maximum atomic E-state index is 13.8. The van der Waals surface area contributed by atoms with Gasteiger partial charge in [0.2, 0.25) is 0 Å². The molecule has 1 aliphatic heterocycles. The van der Waals surface area contributed by atoms with Crippen LogP contribution < -0.4 is 0 Å². The Balaban J connectivity index is 1.61. The van der Waals surface area contributed by atoms with Crippen molar-refractivity contribution in [2.24, 2.45) is 0 Å². The second-order valence-corrected chi connectivity index (χ2v) is 11.2. The zero-order chi connectivity index (χ0) is 20.9. The Labute approximate surface area is 184 Å². The predicted octanol–water partition coefficient (Wildman–Crippen LogP) is 4.46. The summed E-state index contributed by atoms with van der Waals surface area (Å²) >= 11 is 3.45. The molecule has 5 rings (SSSR count). The van der Waals surface area contributed by atoms with Crippen LogP contribution in [-0.4, -0.2) is 47.8 Å². The van der Waals surface area contributed by atoms with E-state index >= 15 is 0 Å². The van der Waals surface area contributed by atoms with Gasteiger partial charge in [-0.1, -0.05) is 46.3 Å². The fourth-order valence-electron chi connectivity index (χ4n) is 4.24. The lowest BCUT2D eigenvalue weighted by Gasteiger charge is -2.29. The van der Waals surface area contributed by atoms with Gasteiger partial charge in [0.1, 0.15) is 0 Å². The fourth-order valence-corrected chi connectivity index (χ4v) is 6.21. The third-order valence-electron chi connectivity index (χ3n) is 5.86. The molecule has 0 spiro atoms. The van der Waals surface area contributed by atoms with Crippen LogP contribution in [0.1, 0.15) is 29.6 Å². The number of carbonyl (C=O) groups is 1. The molecule has 0 N–H and O–H groups in total. The molecule has 1 aromatic heterocycles. The minimum atomic E-state index is -3.07. The summed E-state index contributed by atoms with van der Waals surface area (Å²) < 4.78 is 25.1. The Hall–Kier alpha value is -2.25. The fraction of sp³-hybridized carbons (Fsp3) is 0.304. The summed E-state index contributed by atoms with van der Waals surface area (Å²) in [5.41, 5.74) is 3.02. The van der Waals surface area contributed by atoms with Gasteiger partial charge >= 0.3 is 0 Å². The van der Waals surface area contributed by atoms with E-state index in [1.54, 1.807) is 0 Å². The first kappa shape index (κ1) is 19.7. The zero-order valence-corrected chi connectivity index (χ0v) is 18.7. The lowest BCUT2D eigenvalue weighted by Crippen LogP contribution is -2.42. The lowest BCUT2D eigenvalue weighted by molar-refractivity contribution is 0.0683. The molecule has 1 saturated carbocycles. The average molecular weight is 485 g/mol. The van der Waals surface area contributed by atoms with E-state index in [1.165, 1.54) is 0 Å². The largest absolute Gasteiger partial charge is 0.332 e. The predicted molar refractivity (Wildman–Crippen MR) is 121 cm³/mol. The number of para-hydroxylation sites is 1. The van der Waals surface area contributed by atoms with Crippen molar-refractivity contribution in [1.29, 1.82) is 0 Å². The van der Waals surface area contributed by atoms with Gasteiger partial charge in [0.25, 0.3) is 5.91 Å². The molecular weight excluding hydrogens is 464 g/mol. The first-order chi connectivity index (χ1) is 14.4. The molecule has 154 valence electrons. The molecule has 1 aliphatic carbocycles. The highest BCUT2D eigenvalue weighted by atomic mass is 79.9. The van der Waals surface area contributed by atoms with Gasteiger partial charge in [-0.25, -0.2) is 13.4 Å². The number of aromatic nitrogens is 1. The van der Waals surface area contributed by atoms with Gasteiger partial charge in [0.15, 0.2) is 9.84 Å². The molecule has 3 aromatic rings. The zero-order valence-electron chi connectivity index (χ0n) is 16.3. The van der Waals surface area contributed by atoms with E-state index in [9.17, 15) is 13.2 Å². The van der Waals surface area contributed by atoms with Crippen molar-refractivity contribution < 1.29 is 13.2 Å². The summed E-state index contributed by atoms with van der Waals surface area (Å²) in [4.78, 5) is 20.4. The molecule has 0 bridgehead atoms. The first-order valence-electron chi connectivity index (χ1n) is 10.1. The summed E-state index contributed by atoms with van der Waals surface area (Å²) in [5, 5.41) is 0.801. The topological polar surface area (TPSA) is 67.3 Å². The molecule has 2 aromatic carbocycles. The summed E-state index contributed by atoms with van der Waals surface area (Å²) in [6.45, 7) is 0. The van der Waals surface area contributed by atoms with E-state index in [4.69, 9.17) is 4.98 Å². The van der Waals surface area contributed by atoms with E-state index < -0.39 is 9.84 Å². The van der Waals surface area contributed by atoms with Crippen LogP contribution in [0, 0.1) is 0 Å². The van der Waals surface area contributed by atoms with Crippen LogP contribution in [0.2, 0.25) is 0 Å². The third-order valence-corrected chi connectivity index (χ3v) is 8.14. The van der Waals surface area contributed by atoms with Gasteiger partial charge in [-0.05, 0) is 43.5 Å². The number of benzene rings is 2. The molecule has 30 heavy (non-hydrogen) atoms. The Kier molecular flexibility index (Phi) is 4.90. The van der Waals surface area contributed by atoms with Crippen LogP contribution in [0.4, 0.5) is 0 Å². The average Bonchev–Trinajstić information content (AvgIpc) is 3.50. The molecule has 7 heteroatoms. The van der Waals surface area contributed by atoms with Gasteiger partial charge in [-0.15, -0.1) is 0 Å². The normalized spacial score (nSPS) is 20.4. The molecule has 1 unspecified atom stereocenters. The number of fused-ring (bicyclic) bond motifs is 1. The quantitative estimate of drug-likeness (QED) is 0.548. The van der Waals surface area contributed by atoms with Crippen molar-refractivity contribution >= 4 is 42.6 Å². The Morgan fingerprint density at radius 1 is 1.00 bits per heavy atom.